The first-order chi connectivity index (χ1) is 8.41. The van der Waals surface area contributed by atoms with E-state index in [0.29, 0.717) is 25.9 Å². The first-order valence-corrected chi connectivity index (χ1v) is 6.20. The van der Waals surface area contributed by atoms with Gasteiger partial charge in [-0.25, -0.2) is 0 Å². The van der Waals surface area contributed by atoms with Crippen molar-refractivity contribution >= 4 is 17.8 Å². The molecule has 6 nitrogen and oxygen atoms in total. The van der Waals surface area contributed by atoms with Crippen molar-refractivity contribution in [2.24, 2.45) is 11.8 Å². The second kappa shape index (κ2) is 6.37. The molecule has 0 aliphatic carbocycles. The minimum absolute atomic E-state index is 0.0256. The highest BCUT2D eigenvalue weighted by molar-refractivity contribution is 5.83. The molecule has 0 spiro atoms. The number of hydrogen-bond acceptors (Lipinski definition) is 3. The first kappa shape index (κ1) is 14.5. The second-order valence-electron chi connectivity index (χ2n) is 4.87. The zero-order valence-corrected chi connectivity index (χ0v) is 10.8. The summed E-state index contributed by atoms with van der Waals surface area (Å²) in [4.78, 5) is 35.5. The van der Waals surface area contributed by atoms with Gasteiger partial charge >= 0.3 is 5.97 Å². The van der Waals surface area contributed by atoms with Crippen molar-refractivity contribution in [1.29, 1.82) is 0 Å². The van der Waals surface area contributed by atoms with Gasteiger partial charge < -0.3 is 15.3 Å². The maximum Gasteiger partial charge on any atom is 0.322 e. The Morgan fingerprint density at radius 1 is 1.28 bits per heavy atom. The number of piperidine rings is 1. The van der Waals surface area contributed by atoms with Crippen molar-refractivity contribution in [3.8, 4) is 0 Å². The lowest BCUT2D eigenvalue weighted by molar-refractivity contribution is -0.140. The summed E-state index contributed by atoms with van der Waals surface area (Å²) in [5.41, 5.74) is 0. The number of rotatable bonds is 4. The second-order valence-corrected chi connectivity index (χ2v) is 4.87. The lowest BCUT2D eigenvalue weighted by Crippen LogP contribution is -2.45. The number of carbonyl (C=O) groups excluding carboxylic acids is 2. The summed E-state index contributed by atoms with van der Waals surface area (Å²) < 4.78 is 0. The summed E-state index contributed by atoms with van der Waals surface area (Å²) in [5, 5.41) is 10.8. The Kier molecular flexibility index (Phi) is 5.12. The molecule has 1 aliphatic rings. The predicted molar refractivity (Wildman–Crippen MR) is 64.8 cm³/mol. The SMILES string of the molecule is CC(C)C(=O)N1CCC(C(=O)NCC(=O)O)CC1. The van der Waals surface area contributed by atoms with Gasteiger partial charge in [0.25, 0.3) is 0 Å². The van der Waals surface area contributed by atoms with Crippen molar-refractivity contribution in [2.75, 3.05) is 19.6 Å². The Morgan fingerprint density at radius 2 is 1.83 bits per heavy atom. The fourth-order valence-electron chi connectivity index (χ4n) is 2.03. The number of likely N-dealkylation sites (tertiary alicyclic amines) is 1. The van der Waals surface area contributed by atoms with Crippen LogP contribution in [-0.4, -0.2) is 47.4 Å². The third-order valence-electron chi connectivity index (χ3n) is 3.09. The van der Waals surface area contributed by atoms with Gasteiger partial charge in [0.05, 0.1) is 0 Å². The van der Waals surface area contributed by atoms with Crippen LogP contribution < -0.4 is 5.32 Å². The van der Waals surface area contributed by atoms with E-state index >= 15 is 0 Å². The maximum atomic E-state index is 11.7. The van der Waals surface area contributed by atoms with E-state index in [0.717, 1.165) is 0 Å². The van der Waals surface area contributed by atoms with E-state index in [4.69, 9.17) is 5.11 Å². The van der Waals surface area contributed by atoms with Crippen LogP contribution in [0.15, 0.2) is 0 Å². The molecule has 2 N–H and O–H groups in total. The van der Waals surface area contributed by atoms with Crippen molar-refractivity contribution in [1.82, 2.24) is 10.2 Å². The molecule has 2 amide bonds. The molecule has 6 heteroatoms. The van der Waals surface area contributed by atoms with E-state index < -0.39 is 5.97 Å². The Labute approximate surface area is 106 Å². The number of nitrogens with zero attached hydrogens (tertiary/aromatic N) is 1. The van der Waals surface area contributed by atoms with E-state index in [1.54, 1.807) is 4.90 Å². The molecule has 0 aromatic carbocycles. The van der Waals surface area contributed by atoms with Crippen LogP contribution in [0.1, 0.15) is 26.7 Å². The summed E-state index contributed by atoms with van der Waals surface area (Å²) in [6.07, 6.45) is 1.20. The molecular formula is C12H20N2O4. The lowest BCUT2D eigenvalue weighted by atomic mass is 9.95. The number of hydrogen-bond donors (Lipinski definition) is 2. The van der Waals surface area contributed by atoms with E-state index in [-0.39, 0.29) is 30.2 Å². The number of carboxylic acids is 1. The molecule has 1 saturated heterocycles. The summed E-state index contributed by atoms with van der Waals surface area (Å²) in [7, 11) is 0. The summed E-state index contributed by atoms with van der Waals surface area (Å²) in [5.74, 6) is -1.37. The molecular weight excluding hydrogens is 236 g/mol. The lowest BCUT2D eigenvalue weighted by Gasteiger charge is -2.32. The monoisotopic (exact) mass is 256 g/mol. The van der Waals surface area contributed by atoms with E-state index in [1.807, 2.05) is 13.8 Å². The van der Waals surface area contributed by atoms with Crippen molar-refractivity contribution in [2.45, 2.75) is 26.7 Å². The number of nitrogens with one attached hydrogen (secondary N) is 1. The number of carbonyl (C=O) groups is 3. The van der Waals surface area contributed by atoms with Gasteiger partial charge in [0.1, 0.15) is 6.54 Å². The van der Waals surface area contributed by atoms with E-state index in [2.05, 4.69) is 5.32 Å². The van der Waals surface area contributed by atoms with E-state index in [9.17, 15) is 14.4 Å². The third kappa shape index (κ3) is 4.01. The van der Waals surface area contributed by atoms with Gasteiger partial charge in [0.15, 0.2) is 0 Å². The molecule has 1 heterocycles. The van der Waals surface area contributed by atoms with E-state index in [1.165, 1.54) is 0 Å². The normalized spacial score (nSPS) is 16.7. The van der Waals surface area contributed by atoms with Gasteiger partial charge in [0.2, 0.25) is 11.8 Å². The highest BCUT2D eigenvalue weighted by Gasteiger charge is 2.28. The van der Waals surface area contributed by atoms with Gasteiger partial charge in [0, 0.05) is 24.9 Å². The average Bonchev–Trinajstić information content (AvgIpc) is 2.35. The maximum absolute atomic E-state index is 11.7. The smallest absolute Gasteiger partial charge is 0.322 e. The zero-order valence-electron chi connectivity index (χ0n) is 10.8. The van der Waals surface area contributed by atoms with Gasteiger partial charge in [-0.3, -0.25) is 14.4 Å². The molecule has 0 aromatic heterocycles. The molecule has 1 rings (SSSR count). The van der Waals surface area contributed by atoms with Gasteiger partial charge in [-0.1, -0.05) is 13.8 Å². The first-order valence-electron chi connectivity index (χ1n) is 6.20. The molecule has 0 bridgehead atoms. The van der Waals surface area contributed by atoms with Crippen LogP contribution in [0.25, 0.3) is 0 Å². The standard InChI is InChI=1S/C12H20N2O4/c1-8(2)12(18)14-5-3-9(4-6-14)11(17)13-7-10(15)16/h8-9H,3-7H2,1-2H3,(H,13,17)(H,15,16). The average molecular weight is 256 g/mol. The van der Waals surface area contributed by atoms with Crippen LogP contribution in [-0.2, 0) is 14.4 Å². The molecule has 18 heavy (non-hydrogen) atoms. The predicted octanol–water partition coefficient (Wildman–Crippen LogP) is 0.0818. The quantitative estimate of drug-likeness (QED) is 0.746. The fraction of sp³-hybridized carbons (Fsp3) is 0.750. The molecule has 1 fully saturated rings. The third-order valence-corrected chi connectivity index (χ3v) is 3.09. The fourth-order valence-corrected chi connectivity index (χ4v) is 2.03. The summed E-state index contributed by atoms with van der Waals surface area (Å²) in [6, 6.07) is 0. The highest BCUT2D eigenvalue weighted by Crippen LogP contribution is 2.18. The number of carboxylic acid groups (broad SMARTS) is 1. The molecule has 0 radical (unpaired) electrons. The van der Waals surface area contributed by atoms with Crippen molar-refractivity contribution in [3.63, 3.8) is 0 Å². The van der Waals surface area contributed by atoms with Crippen LogP contribution in [0, 0.1) is 11.8 Å². The summed E-state index contributed by atoms with van der Waals surface area (Å²) in [6.45, 7) is 4.51. The largest absolute Gasteiger partial charge is 0.480 e. The van der Waals surface area contributed by atoms with Gasteiger partial charge in [-0.15, -0.1) is 0 Å². The minimum Gasteiger partial charge on any atom is -0.480 e. The molecule has 0 atom stereocenters. The molecule has 1 aliphatic heterocycles. The van der Waals surface area contributed by atoms with Gasteiger partial charge in [-0.05, 0) is 12.8 Å². The molecule has 0 saturated carbocycles. The van der Waals surface area contributed by atoms with Crippen LogP contribution in [0.2, 0.25) is 0 Å². The number of aliphatic carboxylic acids is 1. The van der Waals surface area contributed by atoms with Crippen molar-refractivity contribution in [3.05, 3.63) is 0 Å². The van der Waals surface area contributed by atoms with Gasteiger partial charge in [-0.2, -0.15) is 0 Å². The van der Waals surface area contributed by atoms with Crippen LogP contribution in [0.4, 0.5) is 0 Å². The Hall–Kier alpha value is -1.59. The van der Waals surface area contributed by atoms with Crippen molar-refractivity contribution < 1.29 is 19.5 Å². The Balaban J connectivity index is 2.37. The van der Waals surface area contributed by atoms with Crippen LogP contribution in [0.5, 0.6) is 0 Å². The van der Waals surface area contributed by atoms with Crippen LogP contribution >= 0.6 is 0 Å². The minimum atomic E-state index is -1.05. The topological polar surface area (TPSA) is 86.7 Å². The Morgan fingerprint density at radius 3 is 2.28 bits per heavy atom. The molecule has 0 aromatic rings. The Bertz CT molecular complexity index is 333. The number of amides is 2. The zero-order chi connectivity index (χ0) is 13.7. The molecule has 0 unspecified atom stereocenters. The van der Waals surface area contributed by atoms with Crippen LogP contribution in [0.3, 0.4) is 0 Å². The highest BCUT2D eigenvalue weighted by atomic mass is 16.4. The summed E-state index contributed by atoms with van der Waals surface area (Å²) >= 11 is 0. The molecule has 102 valence electrons.